The molecule has 0 bridgehead atoms. The third-order valence-corrected chi connectivity index (χ3v) is 3.11. The molecule has 1 heterocycles. The summed E-state index contributed by atoms with van der Waals surface area (Å²) in [5, 5.41) is 0. The van der Waals surface area contributed by atoms with Gasteiger partial charge in [0.25, 0.3) is 0 Å². The fourth-order valence-corrected chi connectivity index (χ4v) is 2.17. The van der Waals surface area contributed by atoms with Crippen LogP contribution in [0.25, 0.3) is 0 Å². The molecule has 4 nitrogen and oxygen atoms in total. The monoisotopic (exact) mass is 221 g/mol. The Morgan fingerprint density at radius 3 is 2.69 bits per heavy atom. The van der Waals surface area contributed by atoms with E-state index in [0.29, 0.717) is 18.3 Å². The molecule has 0 saturated heterocycles. The zero-order valence-electron chi connectivity index (χ0n) is 9.56. The number of hydrogen-bond acceptors (Lipinski definition) is 4. The molecule has 4 heteroatoms. The van der Waals surface area contributed by atoms with Crippen molar-refractivity contribution in [1.82, 2.24) is 9.97 Å². The Kier molecular flexibility index (Phi) is 4.10. The van der Waals surface area contributed by atoms with Gasteiger partial charge in [-0.3, -0.25) is 4.98 Å². The molecule has 16 heavy (non-hydrogen) atoms. The first-order valence-electron chi connectivity index (χ1n) is 6.03. The van der Waals surface area contributed by atoms with Gasteiger partial charge in [0.15, 0.2) is 0 Å². The van der Waals surface area contributed by atoms with Crippen LogP contribution in [0.5, 0.6) is 5.88 Å². The van der Waals surface area contributed by atoms with Crippen LogP contribution in [-0.2, 0) is 6.54 Å². The summed E-state index contributed by atoms with van der Waals surface area (Å²) in [5.41, 5.74) is 6.33. The molecular formula is C12H19N3O. The second kappa shape index (κ2) is 5.80. The Balaban J connectivity index is 1.88. The Labute approximate surface area is 96.2 Å². The van der Waals surface area contributed by atoms with E-state index in [9.17, 15) is 0 Å². The quantitative estimate of drug-likeness (QED) is 0.843. The highest BCUT2D eigenvalue weighted by Gasteiger charge is 2.15. The smallest absolute Gasteiger partial charge is 0.236 e. The van der Waals surface area contributed by atoms with Crippen LogP contribution in [0.3, 0.4) is 0 Å². The largest absolute Gasteiger partial charge is 0.476 e. The molecule has 0 radical (unpaired) electrons. The van der Waals surface area contributed by atoms with Crippen LogP contribution in [0.4, 0.5) is 0 Å². The minimum absolute atomic E-state index is 0.383. The molecule has 1 aliphatic carbocycles. The second-order valence-corrected chi connectivity index (χ2v) is 4.33. The summed E-state index contributed by atoms with van der Waals surface area (Å²) >= 11 is 0. The summed E-state index contributed by atoms with van der Waals surface area (Å²) in [6, 6.07) is 0. The van der Waals surface area contributed by atoms with Crippen molar-refractivity contribution in [1.29, 1.82) is 0 Å². The van der Waals surface area contributed by atoms with E-state index < -0.39 is 0 Å². The molecule has 0 spiro atoms. The maximum absolute atomic E-state index is 5.71. The summed E-state index contributed by atoms with van der Waals surface area (Å²) in [4.78, 5) is 8.32. The van der Waals surface area contributed by atoms with Crippen molar-refractivity contribution in [3.63, 3.8) is 0 Å². The van der Waals surface area contributed by atoms with E-state index in [-0.39, 0.29) is 0 Å². The Hall–Kier alpha value is -1.16. The number of aromatic nitrogens is 2. The molecule has 1 aromatic heterocycles. The molecule has 2 rings (SSSR count). The van der Waals surface area contributed by atoms with Crippen molar-refractivity contribution in [2.75, 3.05) is 6.61 Å². The first kappa shape index (κ1) is 11.3. The van der Waals surface area contributed by atoms with Crippen LogP contribution in [0.1, 0.15) is 37.8 Å². The van der Waals surface area contributed by atoms with Gasteiger partial charge in [-0.25, -0.2) is 4.98 Å². The zero-order valence-corrected chi connectivity index (χ0v) is 9.56. The molecule has 0 aromatic carbocycles. The van der Waals surface area contributed by atoms with E-state index in [1.54, 1.807) is 12.4 Å². The molecule has 0 atom stereocenters. The van der Waals surface area contributed by atoms with E-state index >= 15 is 0 Å². The van der Waals surface area contributed by atoms with E-state index in [1.807, 2.05) is 0 Å². The maximum Gasteiger partial charge on any atom is 0.236 e. The summed E-state index contributed by atoms with van der Waals surface area (Å²) < 4.78 is 5.71. The lowest BCUT2D eigenvalue weighted by atomic mass is 9.90. The maximum atomic E-state index is 5.71. The van der Waals surface area contributed by atoms with Gasteiger partial charge < -0.3 is 10.5 Å². The highest BCUT2D eigenvalue weighted by atomic mass is 16.5. The zero-order chi connectivity index (χ0) is 11.2. The molecule has 0 unspecified atom stereocenters. The first-order valence-corrected chi connectivity index (χ1v) is 6.03. The molecule has 1 saturated carbocycles. The normalized spacial score (nSPS) is 17.3. The first-order chi connectivity index (χ1) is 7.90. The molecule has 88 valence electrons. The van der Waals surface area contributed by atoms with Gasteiger partial charge in [-0.2, -0.15) is 0 Å². The topological polar surface area (TPSA) is 61.0 Å². The van der Waals surface area contributed by atoms with Crippen molar-refractivity contribution >= 4 is 0 Å². The van der Waals surface area contributed by atoms with Crippen molar-refractivity contribution in [2.24, 2.45) is 11.7 Å². The lowest BCUT2D eigenvalue weighted by Gasteiger charge is -2.21. The van der Waals surface area contributed by atoms with E-state index in [4.69, 9.17) is 10.5 Å². The fourth-order valence-electron chi connectivity index (χ4n) is 2.17. The van der Waals surface area contributed by atoms with Gasteiger partial charge in [0.05, 0.1) is 6.61 Å². The van der Waals surface area contributed by atoms with E-state index in [0.717, 1.165) is 12.3 Å². The molecule has 2 N–H and O–H groups in total. The minimum Gasteiger partial charge on any atom is -0.476 e. The minimum atomic E-state index is 0.383. The van der Waals surface area contributed by atoms with Gasteiger partial charge in [-0.1, -0.05) is 19.3 Å². The predicted octanol–water partition coefficient (Wildman–Crippen LogP) is 1.89. The van der Waals surface area contributed by atoms with Crippen LogP contribution in [0.2, 0.25) is 0 Å². The third kappa shape index (κ3) is 2.92. The van der Waals surface area contributed by atoms with Crippen LogP contribution >= 0.6 is 0 Å². The van der Waals surface area contributed by atoms with Crippen LogP contribution in [0, 0.1) is 5.92 Å². The van der Waals surface area contributed by atoms with Gasteiger partial charge >= 0.3 is 0 Å². The third-order valence-electron chi connectivity index (χ3n) is 3.11. The Morgan fingerprint density at radius 2 is 1.94 bits per heavy atom. The molecule has 0 amide bonds. The SMILES string of the molecule is NCc1nccnc1OCC1CCCCC1. The van der Waals surface area contributed by atoms with Crippen molar-refractivity contribution in [2.45, 2.75) is 38.6 Å². The number of nitrogens with zero attached hydrogens (tertiary/aromatic N) is 2. The van der Waals surface area contributed by atoms with Crippen molar-refractivity contribution in [3.8, 4) is 5.88 Å². The lowest BCUT2D eigenvalue weighted by molar-refractivity contribution is 0.200. The summed E-state index contributed by atoms with van der Waals surface area (Å²) in [6.07, 6.45) is 9.88. The number of nitrogens with two attached hydrogens (primary N) is 1. The Morgan fingerprint density at radius 1 is 1.19 bits per heavy atom. The summed E-state index contributed by atoms with van der Waals surface area (Å²) in [7, 11) is 0. The van der Waals surface area contributed by atoms with Crippen molar-refractivity contribution < 1.29 is 4.74 Å². The van der Waals surface area contributed by atoms with E-state index in [1.165, 1.54) is 32.1 Å². The highest BCUT2D eigenvalue weighted by Crippen LogP contribution is 2.24. The van der Waals surface area contributed by atoms with Crippen LogP contribution < -0.4 is 10.5 Å². The molecule has 1 fully saturated rings. The molecular weight excluding hydrogens is 202 g/mol. The average molecular weight is 221 g/mol. The number of rotatable bonds is 4. The van der Waals surface area contributed by atoms with Crippen LogP contribution in [0.15, 0.2) is 12.4 Å². The molecule has 0 aliphatic heterocycles. The molecule has 1 aromatic rings. The number of ether oxygens (including phenoxy) is 1. The molecule has 1 aliphatic rings. The fraction of sp³-hybridized carbons (Fsp3) is 0.667. The Bertz CT molecular complexity index is 324. The highest BCUT2D eigenvalue weighted by molar-refractivity contribution is 5.16. The van der Waals surface area contributed by atoms with Crippen molar-refractivity contribution in [3.05, 3.63) is 18.1 Å². The average Bonchev–Trinajstić information content (AvgIpc) is 2.38. The van der Waals surface area contributed by atoms with Gasteiger partial charge in [-0.05, 0) is 18.8 Å². The summed E-state index contributed by atoms with van der Waals surface area (Å²) in [6.45, 7) is 1.14. The second-order valence-electron chi connectivity index (χ2n) is 4.33. The summed E-state index contributed by atoms with van der Waals surface area (Å²) in [5.74, 6) is 1.29. The predicted molar refractivity (Wildman–Crippen MR) is 62.0 cm³/mol. The van der Waals surface area contributed by atoms with Gasteiger partial charge in [0.1, 0.15) is 5.69 Å². The van der Waals surface area contributed by atoms with Gasteiger partial charge in [0.2, 0.25) is 5.88 Å². The standard InChI is InChI=1S/C12H19N3O/c13-8-11-12(15-7-6-14-11)16-9-10-4-2-1-3-5-10/h6-7,10H,1-5,8-9,13H2. The van der Waals surface area contributed by atoms with Crippen LogP contribution in [-0.4, -0.2) is 16.6 Å². The van der Waals surface area contributed by atoms with Gasteiger partial charge in [0, 0.05) is 18.9 Å². The number of hydrogen-bond donors (Lipinski definition) is 1. The van der Waals surface area contributed by atoms with E-state index in [2.05, 4.69) is 9.97 Å². The lowest BCUT2D eigenvalue weighted by Crippen LogP contribution is -2.17. The van der Waals surface area contributed by atoms with Gasteiger partial charge in [-0.15, -0.1) is 0 Å².